The lowest BCUT2D eigenvalue weighted by molar-refractivity contribution is 0.494. The van der Waals surface area contributed by atoms with Crippen LogP contribution < -0.4 is 10.6 Å². The van der Waals surface area contributed by atoms with E-state index in [0.29, 0.717) is 5.82 Å². The Balaban J connectivity index is 1.82. The van der Waals surface area contributed by atoms with Gasteiger partial charge in [-0.1, -0.05) is 6.42 Å². The number of hydrogen-bond donors (Lipinski definition) is 1. The van der Waals surface area contributed by atoms with E-state index in [1.54, 1.807) is 12.4 Å². The van der Waals surface area contributed by atoms with Crippen molar-refractivity contribution in [2.45, 2.75) is 19.3 Å². The maximum Gasteiger partial charge on any atom is 0.171 e. The highest BCUT2D eigenvalue weighted by Crippen LogP contribution is 2.39. The summed E-state index contributed by atoms with van der Waals surface area (Å²) in [6.45, 7) is 2.24. The summed E-state index contributed by atoms with van der Waals surface area (Å²) in [6.07, 6.45) is 7.53. The molecule has 2 unspecified atom stereocenters. The van der Waals surface area contributed by atoms with Crippen LogP contribution in [0.5, 0.6) is 0 Å². The number of anilines is 2. The van der Waals surface area contributed by atoms with Gasteiger partial charge in [-0.25, -0.2) is 9.97 Å². The summed E-state index contributed by atoms with van der Waals surface area (Å²) in [5, 5.41) is 0. The first-order valence-electron chi connectivity index (χ1n) is 5.66. The highest BCUT2D eigenvalue weighted by atomic mass is 15.2. The summed E-state index contributed by atoms with van der Waals surface area (Å²) >= 11 is 0. The van der Waals surface area contributed by atoms with Crippen LogP contribution in [0.4, 0.5) is 11.6 Å². The topological polar surface area (TPSA) is 55.0 Å². The minimum Gasteiger partial charge on any atom is -0.381 e. The normalized spacial score (nSPS) is 29.5. The van der Waals surface area contributed by atoms with Crippen molar-refractivity contribution in [1.29, 1.82) is 0 Å². The Bertz CT molecular complexity index is 353. The third-order valence-electron chi connectivity index (χ3n) is 3.73. The van der Waals surface area contributed by atoms with E-state index >= 15 is 0 Å². The summed E-state index contributed by atoms with van der Waals surface area (Å²) in [7, 11) is 0. The first-order chi connectivity index (χ1) is 7.34. The van der Waals surface area contributed by atoms with E-state index in [1.807, 2.05) is 0 Å². The number of aromatic nitrogens is 2. The molecular formula is C11H16N4. The first kappa shape index (κ1) is 8.95. The molecule has 0 amide bonds. The maximum absolute atomic E-state index is 5.84. The molecule has 1 aliphatic heterocycles. The van der Waals surface area contributed by atoms with Crippen LogP contribution in [0.2, 0.25) is 0 Å². The average molecular weight is 204 g/mol. The molecule has 2 fully saturated rings. The highest BCUT2D eigenvalue weighted by Gasteiger charge is 2.37. The summed E-state index contributed by atoms with van der Waals surface area (Å²) in [4.78, 5) is 10.7. The summed E-state index contributed by atoms with van der Waals surface area (Å²) < 4.78 is 0. The van der Waals surface area contributed by atoms with Gasteiger partial charge in [0.25, 0.3) is 0 Å². The molecule has 1 aromatic rings. The SMILES string of the molecule is Nc1nccnc1N1CC2CCCC2C1. The Kier molecular flexibility index (Phi) is 2.01. The lowest BCUT2D eigenvalue weighted by atomic mass is 10.0. The van der Waals surface area contributed by atoms with Crippen molar-refractivity contribution in [3.8, 4) is 0 Å². The molecule has 3 rings (SSSR count). The van der Waals surface area contributed by atoms with E-state index in [1.165, 1.54) is 19.3 Å². The number of rotatable bonds is 1. The second kappa shape index (κ2) is 3.36. The monoisotopic (exact) mass is 204 g/mol. The largest absolute Gasteiger partial charge is 0.381 e. The Labute approximate surface area is 89.5 Å². The van der Waals surface area contributed by atoms with Crippen molar-refractivity contribution < 1.29 is 0 Å². The van der Waals surface area contributed by atoms with Gasteiger partial charge in [0.2, 0.25) is 0 Å². The molecule has 1 saturated heterocycles. The number of hydrogen-bond acceptors (Lipinski definition) is 4. The molecule has 2 N–H and O–H groups in total. The van der Waals surface area contributed by atoms with Crippen molar-refractivity contribution in [3.05, 3.63) is 12.4 Å². The molecule has 2 aliphatic rings. The van der Waals surface area contributed by atoms with Gasteiger partial charge in [0.1, 0.15) is 0 Å². The standard InChI is InChI=1S/C11H16N4/c12-10-11(14-5-4-13-10)15-6-8-2-1-3-9(8)7-15/h4-5,8-9H,1-3,6-7H2,(H2,12,13). The van der Waals surface area contributed by atoms with Crippen LogP contribution in [0.25, 0.3) is 0 Å². The summed E-state index contributed by atoms with van der Waals surface area (Å²) in [5.41, 5.74) is 5.84. The van der Waals surface area contributed by atoms with E-state index in [0.717, 1.165) is 30.7 Å². The molecule has 0 spiro atoms. The second-order valence-corrected chi connectivity index (χ2v) is 4.62. The average Bonchev–Trinajstić information content (AvgIpc) is 2.77. The van der Waals surface area contributed by atoms with Crippen LogP contribution in [0.3, 0.4) is 0 Å². The molecule has 4 heteroatoms. The quantitative estimate of drug-likeness (QED) is 0.749. The zero-order valence-electron chi connectivity index (χ0n) is 8.76. The molecular weight excluding hydrogens is 188 g/mol. The fourth-order valence-corrected chi connectivity index (χ4v) is 2.99. The zero-order chi connectivity index (χ0) is 10.3. The van der Waals surface area contributed by atoms with Crippen molar-refractivity contribution in [2.24, 2.45) is 11.8 Å². The van der Waals surface area contributed by atoms with Crippen molar-refractivity contribution in [3.63, 3.8) is 0 Å². The molecule has 15 heavy (non-hydrogen) atoms. The van der Waals surface area contributed by atoms with Crippen LogP contribution >= 0.6 is 0 Å². The zero-order valence-corrected chi connectivity index (χ0v) is 8.76. The van der Waals surface area contributed by atoms with E-state index in [9.17, 15) is 0 Å². The van der Waals surface area contributed by atoms with Crippen LogP contribution in [0.1, 0.15) is 19.3 Å². The first-order valence-corrected chi connectivity index (χ1v) is 5.66. The smallest absolute Gasteiger partial charge is 0.171 e. The second-order valence-electron chi connectivity index (χ2n) is 4.62. The molecule has 0 radical (unpaired) electrons. The third-order valence-corrected chi connectivity index (χ3v) is 3.73. The van der Waals surface area contributed by atoms with Gasteiger partial charge in [-0.05, 0) is 24.7 Å². The number of nitrogens with two attached hydrogens (primary N) is 1. The van der Waals surface area contributed by atoms with E-state index < -0.39 is 0 Å². The van der Waals surface area contributed by atoms with Gasteiger partial charge < -0.3 is 10.6 Å². The fraction of sp³-hybridized carbons (Fsp3) is 0.636. The van der Waals surface area contributed by atoms with Crippen molar-refractivity contribution in [1.82, 2.24) is 9.97 Å². The predicted molar refractivity (Wildman–Crippen MR) is 59.5 cm³/mol. The molecule has 2 atom stereocenters. The van der Waals surface area contributed by atoms with Crippen molar-refractivity contribution in [2.75, 3.05) is 23.7 Å². The third kappa shape index (κ3) is 1.44. The number of fused-ring (bicyclic) bond motifs is 1. The van der Waals surface area contributed by atoms with Gasteiger partial charge in [0.15, 0.2) is 11.6 Å². The number of nitrogen functional groups attached to an aromatic ring is 1. The molecule has 1 aromatic heterocycles. The molecule has 0 aromatic carbocycles. The predicted octanol–water partition coefficient (Wildman–Crippen LogP) is 1.30. The van der Waals surface area contributed by atoms with Gasteiger partial charge in [-0.15, -0.1) is 0 Å². The summed E-state index contributed by atoms with van der Waals surface area (Å²) in [6, 6.07) is 0. The van der Waals surface area contributed by atoms with Gasteiger partial charge in [-0.3, -0.25) is 0 Å². The molecule has 1 saturated carbocycles. The van der Waals surface area contributed by atoms with E-state index in [4.69, 9.17) is 5.73 Å². The van der Waals surface area contributed by atoms with Crippen LogP contribution in [-0.4, -0.2) is 23.1 Å². The fourth-order valence-electron chi connectivity index (χ4n) is 2.99. The van der Waals surface area contributed by atoms with E-state index in [2.05, 4.69) is 14.9 Å². The van der Waals surface area contributed by atoms with Crippen molar-refractivity contribution >= 4 is 11.6 Å². The van der Waals surface area contributed by atoms with Crippen LogP contribution in [-0.2, 0) is 0 Å². The Morgan fingerprint density at radius 3 is 2.47 bits per heavy atom. The van der Waals surface area contributed by atoms with Gasteiger partial charge >= 0.3 is 0 Å². The lowest BCUT2D eigenvalue weighted by Gasteiger charge is -2.18. The van der Waals surface area contributed by atoms with Crippen LogP contribution in [0, 0.1) is 11.8 Å². The Morgan fingerprint density at radius 2 is 1.80 bits per heavy atom. The highest BCUT2D eigenvalue weighted by molar-refractivity contribution is 5.57. The van der Waals surface area contributed by atoms with Gasteiger partial charge in [0.05, 0.1) is 0 Å². The van der Waals surface area contributed by atoms with Crippen LogP contribution in [0.15, 0.2) is 12.4 Å². The molecule has 4 nitrogen and oxygen atoms in total. The maximum atomic E-state index is 5.84. The molecule has 2 heterocycles. The minimum absolute atomic E-state index is 0.567. The lowest BCUT2D eigenvalue weighted by Crippen LogP contribution is -2.23. The molecule has 0 bridgehead atoms. The molecule has 1 aliphatic carbocycles. The molecule has 80 valence electrons. The van der Waals surface area contributed by atoms with Gasteiger partial charge in [-0.2, -0.15) is 0 Å². The summed E-state index contributed by atoms with van der Waals surface area (Å²) in [5.74, 6) is 3.18. The minimum atomic E-state index is 0.567. The number of nitrogens with zero attached hydrogens (tertiary/aromatic N) is 3. The Hall–Kier alpha value is -1.32. The van der Waals surface area contributed by atoms with Gasteiger partial charge in [0, 0.05) is 25.5 Å². The Morgan fingerprint density at radius 1 is 1.13 bits per heavy atom. The van der Waals surface area contributed by atoms with E-state index in [-0.39, 0.29) is 0 Å².